The fourth-order valence-corrected chi connectivity index (χ4v) is 7.77. The lowest BCUT2D eigenvalue weighted by Crippen LogP contribution is -2.59. The Morgan fingerprint density at radius 3 is 2.57 bits per heavy atom. The van der Waals surface area contributed by atoms with Crippen LogP contribution in [0.5, 0.6) is 0 Å². The van der Waals surface area contributed by atoms with Crippen LogP contribution in [-0.4, -0.2) is 70.8 Å². The van der Waals surface area contributed by atoms with Gasteiger partial charge in [0.2, 0.25) is 5.91 Å². The van der Waals surface area contributed by atoms with Gasteiger partial charge >= 0.3 is 5.97 Å². The molecule has 0 aromatic heterocycles. The van der Waals surface area contributed by atoms with E-state index in [1.807, 2.05) is 76.2 Å². The van der Waals surface area contributed by atoms with E-state index in [1.54, 1.807) is 17.1 Å². The third-order valence-electron chi connectivity index (χ3n) is 9.96. The Hall–Kier alpha value is -3.75. The topological polar surface area (TPSA) is 96.4 Å². The molecule has 1 spiro atoms. The summed E-state index contributed by atoms with van der Waals surface area (Å²) >= 11 is 0. The molecule has 3 aliphatic heterocycles. The van der Waals surface area contributed by atoms with Gasteiger partial charge in [0.05, 0.1) is 30.8 Å². The van der Waals surface area contributed by atoms with E-state index in [0.29, 0.717) is 19.3 Å². The van der Waals surface area contributed by atoms with Crippen molar-refractivity contribution < 1.29 is 29.0 Å². The number of aliphatic hydroxyl groups is 1. The van der Waals surface area contributed by atoms with Crippen LogP contribution in [0, 0.1) is 31.6 Å². The molecule has 0 saturated carbocycles. The van der Waals surface area contributed by atoms with Crippen LogP contribution in [0.15, 0.2) is 73.8 Å². The van der Waals surface area contributed by atoms with Crippen molar-refractivity contribution in [2.75, 3.05) is 24.7 Å². The largest absolute Gasteiger partial charge is 0.465 e. The number of likely N-dealkylation sites (tertiary alicyclic amines) is 1. The SMILES string of the molecule is C=CCCOC(=O)[C@H]1[C@H]2C(=O)N([C@@H](CO)Cc3ccccc3)C(C(=O)N(CC=C)c3cc(C)ccc3C)C23CC(C)[C@]1(C)O3. The van der Waals surface area contributed by atoms with Crippen molar-refractivity contribution in [1.29, 1.82) is 0 Å². The molecular weight excluding hydrogens is 556 g/mol. The molecule has 3 fully saturated rings. The maximum absolute atomic E-state index is 15.0. The number of hydrogen-bond acceptors (Lipinski definition) is 6. The van der Waals surface area contributed by atoms with Gasteiger partial charge in [0.15, 0.2) is 0 Å². The second kappa shape index (κ2) is 12.3. The standard InChI is InChI=1S/C36H44N2O6/c1-7-9-18-43-34(42)30-29-32(40)38(27(22-39)20-26-13-11-10-12-14-26)31(36(29)21-25(5)35(30,6)44-36)33(41)37(17-8-2)28-19-23(3)15-16-24(28)4/h7-8,10-16,19,25,27,29-31,39H,1-2,9,17-18,20-22H2,3-6H3/t25?,27-,29+,30-,31?,35+,36?/m1/s1. The fourth-order valence-electron chi connectivity index (χ4n) is 7.77. The Morgan fingerprint density at radius 1 is 1.18 bits per heavy atom. The zero-order valence-electron chi connectivity index (χ0n) is 26.2. The number of aliphatic hydroxyl groups excluding tert-OH is 1. The summed E-state index contributed by atoms with van der Waals surface area (Å²) in [5.74, 6) is -3.14. The van der Waals surface area contributed by atoms with E-state index >= 15 is 4.79 Å². The van der Waals surface area contributed by atoms with Gasteiger partial charge in [-0.1, -0.05) is 61.5 Å². The lowest BCUT2D eigenvalue weighted by molar-refractivity contribution is -0.162. The second-order valence-electron chi connectivity index (χ2n) is 12.7. The lowest BCUT2D eigenvalue weighted by atomic mass is 9.62. The van der Waals surface area contributed by atoms with Crippen LogP contribution in [0.3, 0.4) is 0 Å². The van der Waals surface area contributed by atoms with E-state index in [-0.39, 0.29) is 37.5 Å². The molecule has 2 aromatic rings. The lowest BCUT2D eigenvalue weighted by Gasteiger charge is -2.40. The number of carbonyl (C=O) groups is 3. The minimum Gasteiger partial charge on any atom is -0.465 e. The first kappa shape index (κ1) is 31.7. The van der Waals surface area contributed by atoms with Gasteiger partial charge in [-0.2, -0.15) is 0 Å². The molecule has 8 heteroatoms. The monoisotopic (exact) mass is 600 g/mol. The van der Waals surface area contributed by atoms with Crippen LogP contribution in [0.2, 0.25) is 0 Å². The van der Waals surface area contributed by atoms with Gasteiger partial charge in [-0.25, -0.2) is 0 Å². The molecule has 2 amide bonds. The molecule has 7 atom stereocenters. The number of amides is 2. The van der Waals surface area contributed by atoms with Gasteiger partial charge < -0.3 is 24.4 Å². The molecule has 3 aliphatic rings. The first-order valence-corrected chi connectivity index (χ1v) is 15.5. The highest BCUT2D eigenvalue weighted by Gasteiger charge is 2.80. The van der Waals surface area contributed by atoms with E-state index in [9.17, 15) is 14.7 Å². The highest BCUT2D eigenvalue weighted by Crippen LogP contribution is 2.65. The van der Waals surface area contributed by atoms with E-state index in [1.165, 1.54) is 4.90 Å². The molecule has 1 N–H and O–H groups in total. The maximum atomic E-state index is 15.0. The Morgan fingerprint density at radius 2 is 1.91 bits per heavy atom. The first-order chi connectivity index (χ1) is 21.0. The third kappa shape index (κ3) is 5.08. The summed E-state index contributed by atoms with van der Waals surface area (Å²) in [5.41, 5.74) is 1.26. The Labute approximate surface area is 260 Å². The number of anilines is 1. The molecule has 44 heavy (non-hydrogen) atoms. The van der Waals surface area contributed by atoms with Crippen LogP contribution in [-0.2, 0) is 30.3 Å². The zero-order chi connectivity index (χ0) is 31.8. The summed E-state index contributed by atoms with van der Waals surface area (Å²) in [6.45, 7) is 15.4. The summed E-state index contributed by atoms with van der Waals surface area (Å²) in [4.78, 5) is 46.7. The molecule has 0 aliphatic carbocycles. The van der Waals surface area contributed by atoms with Crippen molar-refractivity contribution in [1.82, 2.24) is 4.90 Å². The number of aryl methyl sites for hydroxylation is 2. The Bertz CT molecular complexity index is 1440. The van der Waals surface area contributed by atoms with Crippen molar-refractivity contribution in [3.05, 3.63) is 90.5 Å². The molecule has 2 bridgehead atoms. The van der Waals surface area contributed by atoms with Crippen molar-refractivity contribution >= 4 is 23.5 Å². The number of rotatable bonds is 12. The molecule has 3 heterocycles. The predicted molar refractivity (Wildman–Crippen MR) is 169 cm³/mol. The fraction of sp³-hybridized carbons (Fsp3) is 0.472. The number of carbonyl (C=O) groups excluding carboxylic acids is 3. The smallest absolute Gasteiger partial charge is 0.312 e. The van der Waals surface area contributed by atoms with E-state index in [0.717, 1.165) is 22.4 Å². The maximum Gasteiger partial charge on any atom is 0.312 e. The van der Waals surface area contributed by atoms with Gasteiger partial charge in [0, 0.05) is 12.2 Å². The minimum absolute atomic E-state index is 0.131. The summed E-state index contributed by atoms with van der Waals surface area (Å²) in [6.07, 6.45) is 4.58. The number of nitrogens with zero attached hydrogens (tertiary/aromatic N) is 2. The molecule has 234 valence electrons. The van der Waals surface area contributed by atoms with Crippen LogP contribution in [0.25, 0.3) is 0 Å². The molecule has 0 radical (unpaired) electrons. The Kier molecular flexibility index (Phi) is 8.87. The molecule has 3 saturated heterocycles. The average Bonchev–Trinajstić information content (AvgIpc) is 3.52. The van der Waals surface area contributed by atoms with Gasteiger partial charge in [0.1, 0.15) is 17.6 Å². The van der Waals surface area contributed by atoms with Crippen molar-refractivity contribution in [2.24, 2.45) is 17.8 Å². The zero-order valence-corrected chi connectivity index (χ0v) is 26.2. The third-order valence-corrected chi connectivity index (χ3v) is 9.96. The van der Waals surface area contributed by atoms with Crippen molar-refractivity contribution in [2.45, 2.75) is 70.2 Å². The van der Waals surface area contributed by atoms with Crippen LogP contribution >= 0.6 is 0 Å². The van der Waals surface area contributed by atoms with E-state index in [2.05, 4.69) is 13.2 Å². The van der Waals surface area contributed by atoms with Crippen LogP contribution in [0.1, 0.15) is 43.4 Å². The molecule has 3 unspecified atom stereocenters. The van der Waals surface area contributed by atoms with E-state index in [4.69, 9.17) is 9.47 Å². The molecule has 8 nitrogen and oxygen atoms in total. The van der Waals surface area contributed by atoms with Crippen molar-refractivity contribution in [3.8, 4) is 0 Å². The number of fused-ring (bicyclic) bond motifs is 1. The minimum atomic E-state index is -1.27. The number of esters is 1. The normalized spacial score (nSPS) is 29.3. The number of ether oxygens (including phenoxy) is 2. The van der Waals surface area contributed by atoms with Gasteiger partial charge in [0.25, 0.3) is 5.91 Å². The summed E-state index contributed by atoms with van der Waals surface area (Å²) in [6, 6.07) is 13.7. The second-order valence-corrected chi connectivity index (χ2v) is 12.7. The summed E-state index contributed by atoms with van der Waals surface area (Å²) < 4.78 is 12.5. The van der Waals surface area contributed by atoms with Crippen LogP contribution < -0.4 is 4.90 Å². The summed E-state index contributed by atoms with van der Waals surface area (Å²) in [7, 11) is 0. The van der Waals surface area contributed by atoms with Gasteiger partial charge in [-0.05, 0) is 68.7 Å². The predicted octanol–water partition coefficient (Wildman–Crippen LogP) is 4.56. The van der Waals surface area contributed by atoms with E-state index < -0.39 is 41.1 Å². The summed E-state index contributed by atoms with van der Waals surface area (Å²) in [5, 5.41) is 10.8. The Balaban J connectivity index is 1.65. The highest BCUT2D eigenvalue weighted by atomic mass is 16.6. The average molecular weight is 601 g/mol. The number of benzene rings is 2. The first-order valence-electron chi connectivity index (χ1n) is 15.5. The highest BCUT2D eigenvalue weighted by molar-refractivity contribution is 6.05. The van der Waals surface area contributed by atoms with Gasteiger partial charge in [-0.15, -0.1) is 13.2 Å². The van der Waals surface area contributed by atoms with Gasteiger partial charge in [-0.3, -0.25) is 14.4 Å². The number of hydrogen-bond donors (Lipinski definition) is 1. The molecule has 5 rings (SSSR count). The quantitative estimate of drug-likeness (QED) is 0.218. The molecular formula is C36H44N2O6. The van der Waals surface area contributed by atoms with Crippen molar-refractivity contribution in [3.63, 3.8) is 0 Å². The molecule has 2 aromatic carbocycles. The van der Waals surface area contributed by atoms with Crippen LogP contribution in [0.4, 0.5) is 5.69 Å².